The van der Waals surface area contributed by atoms with Gasteiger partial charge in [-0.3, -0.25) is 4.79 Å². The van der Waals surface area contributed by atoms with E-state index >= 15 is 0 Å². The number of hydrogen-bond donors (Lipinski definition) is 2. The number of benzene rings is 3. The molecule has 3 aromatic rings. The van der Waals surface area contributed by atoms with Crippen molar-refractivity contribution in [3.05, 3.63) is 105 Å². The van der Waals surface area contributed by atoms with Gasteiger partial charge in [0.25, 0.3) is 5.91 Å². The van der Waals surface area contributed by atoms with Crippen LogP contribution >= 0.6 is 11.6 Å². The minimum absolute atomic E-state index is 0.00349. The predicted molar refractivity (Wildman–Crippen MR) is 158 cm³/mol. The average Bonchev–Trinajstić information content (AvgIpc) is 2.97. The molecule has 5 nitrogen and oxygen atoms in total. The van der Waals surface area contributed by atoms with Crippen LogP contribution in [0.1, 0.15) is 70.3 Å². The summed E-state index contributed by atoms with van der Waals surface area (Å²) < 4.78 is 5.29. The molecule has 1 heterocycles. The van der Waals surface area contributed by atoms with Crippen molar-refractivity contribution in [2.75, 3.05) is 26.8 Å². The van der Waals surface area contributed by atoms with Crippen LogP contribution in [-0.2, 0) is 23.3 Å². The molecule has 6 heteroatoms. The number of nitrogens with zero attached hydrogens (tertiary/aromatic N) is 1. The standard InChI is InChI=1S/C33H41ClN2O3/c1-24-9-3-4-10-27(24)21-29-30(12-7-13-31(29)34)33(38,18-5-6-20-39-2)28-11-8-19-36(23-28)32(37)26-16-14-25(22-35)15-17-26/h3-4,7,9-10,12-17,28,38H,5-6,8,11,18-23,35H2,1-2H3. The lowest BCUT2D eigenvalue weighted by molar-refractivity contribution is -0.0583. The number of amides is 1. The van der Waals surface area contributed by atoms with Crippen molar-refractivity contribution in [3.63, 3.8) is 0 Å². The highest BCUT2D eigenvalue weighted by molar-refractivity contribution is 6.31. The van der Waals surface area contributed by atoms with Gasteiger partial charge in [-0.05, 0) is 91.5 Å². The van der Waals surface area contributed by atoms with E-state index in [1.54, 1.807) is 7.11 Å². The Morgan fingerprint density at radius 1 is 1.10 bits per heavy atom. The second kappa shape index (κ2) is 13.6. The van der Waals surface area contributed by atoms with Gasteiger partial charge in [0.15, 0.2) is 0 Å². The number of unbranched alkanes of at least 4 members (excludes halogenated alkanes) is 1. The highest BCUT2D eigenvalue weighted by Gasteiger charge is 2.42. The third-order valence-electron chi connectivity index (χ3n) is 8.19. The molecule has 0 spiro atoms. The van der Waals surface area contributed by atoms with Crippen LogP contribution in [-0.4, -0.2) is 42.7 Å². The summed E-state index contributed by atoms with van der Waals surface area (Å²) in [6.45, 7) is 4.37. The third-order valence-corrected chi connectivity index (χ3v) is 8.54. The van der Waals surface area contributed by atoms with Gasteiger partial charge in [-0.15, -0.1) is 0 Å². The Labute approximate surface area is 237 Å². The third kappa shape index (κ3) is 6.90. The van der Waals surface area contributed by atoms with E-state index in [4.69, 9.17) is 22.1 Å². The SMILES string of the molecule is COCCCCC(O)(c1cccc(Cl)c1Cc1ccccc1C)C1CCCN(C(=O)c2ccc(CN)cc2)C1. The van der Waals surface area contributed by atoms with Crippen LogP contribution in [0.4, 0.5) is 0 Å². The van der Waals surface area contributed by atoms with Crippen LogP contribution in [0.15, 0.2) is 66.7 Å². The van der Waals surface area contributed by atoms with E-state index < -0.39 is 5.60 Å². The number of aliphatic hydroxyl groups is 1. The van der Waals surface area contributed by atoms with Crippen molar-refractivity contribution in [1.82, 2.24) is 4.90 Å². The largest absolute Gasteiger partial charge is 0.385 e. The van der Waals surface area contributed by atoms with E-state index in [2.05, 4.69) is 19.1 Å². The summed E-state index contributed by atoms with van der Waals surface area (Å²) in [7, 11) is 1.70. The predicted octanol–water partition coefficient (Wildman–Crippen LogP) is 6.25. The van der Waals surface area contributed by atoms with Gasteiger partial charge < -0.3 is 20.5 Å². The molecule has 2 unspecified atom stereocenters. The topological polar surface area (TPSA) is 75.8 Å². The molecular formula is C33H41ClN2O3. The molecule has 0 saturated carbocycles. The molecule has 1 fully saturated rings. The number of piperidine rings is 1. The van der Waals surface area contributed by atoms with Crippen molar-refractivity contribution >= 4 is 17.5 Å². The van der Waals surface area contributed by atoms with Crippen LogP contribution in [0.5, 0.6) is 0 Å². The zero-order valence-corrected chi connectivity index (χ0v) is 23.9. The molecule has 0 radical (unpaired) electrons. The van der Waals surface area contributed by atoms with E-state index in [0.717, 1.165) is 42.4 Å². The van der Waals surface area contributed by atoms with E-state index in [0.29, 0.717) is 49.7 Å². The van der Waals surface area contributed by atoms with E-state index in [-0.39, 0.29) is 11.8 Å². The van der Waals surface area contributed by atoms with Crippen LogP contribution in [0.3, 0.4) is 0 Å². The first-order chi connectivity index (χ1) is 18.9. The lowest BCUT2D eigenvalue weighted by Gasteiger charge is -2.44. The number of nitrogens with two attached hydrogens (primary N) is 1. The summed E-state index contributed by atoms with van der Waals surface area (Å²) in [6.07, 6.45) is 4.57. The Balaban J connectivity index is 1.67. The lowest BCUT2D eigenvalue weighted by atomic mass is 9.72. The fraction of sp³-hybridized carbons (Fsp3) is 0.424. The highest BCUT2D eigenvalue weighted by atomic mass is 35.5. The van der Waals surface area contributed by atoms with Crippen molar-refractivity contribution in [2.24, 2.45) is 11.7 Å². The molecule has 2 atom stereocenters. The van der Waals surface area contributed by atoms with Gasteiger partial charge in [-0.1, -0.05) is 60.1 Å². The van der Waals surface area contributed by atoms with Crippen molar-refractivity contribution < 1.29 is 14.6 Å². The van der Waals surface area contributed by atoms with Gasteiger partial charge in [-0.25, -0.2) is 0 Å². The van der Waals surface area contributed by atoms with Gasteiger partial charge in [0, 0.05) is 49.9 Å². The minimum Gasteiger partial charge on any atom is -0.385 e. The number of halogens is 1. The first kappa shape index (κ1) is 29.3. The number of carbonyl (C=O) groups is 1. The fourth-order valence-corrected chi connectivity index (χ4v) is 6.10. The molecule has 0 aromatic heterocycles. The molecular weight excluding hydrogens is 508 g/mol. The highest BCUT2D eigenvalue weighted by Crippen LogP contribution is 2.43. The van der Waals surface area contributed by atoms with Crippen LogP contribution in [0.25, 0.3) is 0 Å². The summed E-state index contributed by atoms with van der Waals surface area (Å²) in [5.74, 6) is -0.119. The Morgan fingerprint density at radius 2 is 1.87 bits per heavy atom. The Kier molecular flexibility index (Phi) is 10.2. The number of carbonyl (C=O) groups excluding carboxylic acids is 1. The molecule has 1 aliphatic heterocycles. The van der Waals surface area contributed by atoms with Gasteiger partial charge >= 0.3 is 0 Å². The zero-order valence-electron chi connectivity index (χ0n) is 23.2. The Bertz CT molecular complexity index is 1250. The molecule has 1 saturated heterocycles. The monoisotopic (exact) mass is 548 g/mol. The Hall–Kier alpha value is -2.70. The van der Waals surface area contributed by atoms with Crippen molar-refractivity contribution in [1.29, 1.82) is 0 Å². The van der Waals surface area contributed by atoms with E-state index in [1.165, 1.54) is 11.1 Å². The number of rotatable bonds is 11. The molecule has 0 aliphatic carbocycles. The number of ether oxygens (including phenoxy) is 1. The van der Waals surface area contributed by atoms with Crippen molar-refractivity contribution in [3.8, 4) is 0 Å². The van der Waals surface area contributed by atoms with Gasteiger partial charge in [0.1, 0.15) is 0 Å². The van der Waals surface area contributed by atoms with Crippen LogP contribution in [0.2, 0.25) is 5.02 Å². The minimum atomic E-state index is -1.13. The number of aryl methyl sites for hydroxylation is 1. The maximum absolute atomic E-state index is 13.5. The number of methoxy groups -OCH3 is 1. The maximum atomic E-state index is 13.5. The van der Waals surface area contributed by atoms with Crippen LogP contribution < -0.4 is 5.73 Å². The zero-order chi connectivity index (χ0) is 27.8. The summed E-state index contributed by atoms with van der Waals surface area (Å²) in [4.78, 5) is 15.4. The summed E-state index contributed by atoms with van der Waals surface area (Å²) >= 11 is 6.84. The smallest absolute Gasteiger partial charge is 0.253 e. The summed E-state index contributed by atoms with van der Waals surface area (Å²) in [5, 5.41) is 13.3. The number of likely N-dealkylation sites (tertiary alicyclic amines) is 1. The fourth-order valence-electron chi connectivity index (χ4n) is 5.86. The first-order valence-corrected chi connectivity index (χ1v) is 14.4. The van der Waals surface area contributed by atoms with Crippen LogP contribution in [0, 0.1) is 12.8 Å². The molecule has 39 heavy (non-hydrogen) atoms. The molecule has 1 aliphatic rings. The van der Waals surface area contributed by atoms with E-state index in [9.17, 15) is 9.90 Å². The average molecular weight is 549 g/mol. The molecule has 4 rings (SSSR count). The first-order valence-electron chi connectivity index (χ1n) is 14.0. The number of hydrogen-bond acceptors (Lipinski definition) is 4. The van der Waals surface area contributed by atoms with Gasteiger partial charge in [-0.2, -0.15) is 0 Å². The summed E-state index contributed by atoms with van der Waals surface area (Å²) in [6, 6.07) is 21.7. The van der Waals surface area contributed by atoms with E-state index in [1.807, 2.05) is 59.5 Å². The summed E-state index contributed by atoms with van der Waals surface area (Å²) in [5.41, 5.74) is 10.5. The normalized spacial score (nSPS) is 17.2. The maximum Gasteiger partial charge on any atom is 0.253 e. The van der Waals surface area contributed by atoms with Gasteiger partial charge in [0.05, 0.1) is 5.60 Å². The van der Waals surface area contributed by atoms with Crippen molar-refractivity contribution in [2.45, 2.75) is 57.6 Å². The molecule has 3 N–H and O–H groups in total. The molecule has 208 valence electrons. The molecule has 0 bridgehead atoms. The van der Waals surface area contributed by atoms with Gasteiger partial charge in [0.2, 0.25) is 0 Å². The quantitative estimate of drug-likeness (QED) is 0.277. The molecule has 3 aromatic carbocycles. The second-order valence-corrected chi connectivity index (χ2v) is 11.1. The lowest BCUT2D eigenvalue weighted by Crippen LogP contribution is -2.48. The molecule has 1 amide bonds. The second-order valence-electron chi connectivity index (χ2n) is 10.7. The Morgan fingerprint density at radius 3 is 2.59 bits per heavy atom.